The SMILES string of the molecule is CC(=O)N[C@@H](Cc1c[nH]c2ccccc12)c1nc(C(=O)NC2CCCCC2)co1.N[C@@H](Cc1c[nH]c2ccccc12)c1nc(C(=O)NC2CCCCC2)co1. The largest absolute Gasteiger partial charge is 0.446 e. The quantitative estimate of drug-likeness (QED) is 0.0807. The van der Waals surface area contributed by atoms with Crippen molar-refractivity contribution in [2.24, 2.45) is 5.73 Å². The van der Waals surface area contributed by atoms with Gasteiger partial charge in [0.25, 0.3) is 11.8 Å². The lowest BCUT2D eigenvalue weighted by Gasteiger charge is -2.22. The molecule has 2 aliphatic carbocycles. The Hall–Kier alpha value is -5.69. The Morgan fingerprint density at radius 2 is 1.18 bits per heavy atom. The first-order valence-corrected chi connectivity index (χ1v) is 19.5. The molecular weight excluding hydrogens is 697 g/mol. The molecule has 8 rings (SSSR count). The fourth-order valence-electron chi connectivity index (χ4n) is 7.72. The molecule has 13 heteroatoms. The van der Waals surface area contributed by atoms with Crippen molar-refractivity contribution in [3.05, 3.63) is 108 Å². The molecule has 2 saturated carbocycles. The number of hydrogen-bond acceptors (Lipinski definition) is 8. The van der Waals surface area contributed by atoms with E-state index < -0.39 is 12.1 Å². The normalized spacial score (nSPS) is 16.3. The van der Waals surface area contributed by atoms with E-state index in [1.807, 2.05) is 54.9 Å². The minimum Gasteiger partial charge on any atom is -0.446 e. The molecule has 2 atom stereocenters. The summed E-state index contributed by atoms with van der Waals surface area (Å²) in [5.41, 5.74) is 11.1. The molecular formula is C42H50N8O5. The molecule has 0 saturated heterocycles. The van der Waals surface area contributed by atoms with Gasteiger partial charge in [-0.05, 0) is 55.4 Å². The smallest absolute Gasteiger partial charge is 0.273 e. The number of nitrogens with two attached hydrogens (primary N) is 1. The molecule has 55 heavy (non-hydrogen) atoms. The first-order chi connectivity index (χ1) is 26.8. The van der Waals surface area contributed by atoms with Crippen molar-refractivity contribution in [3.8, 4) is 0 Å². The van der Waals surface area contributed by atoms with E-state index in [4.69, 9.17) is 14.6 Å². The van der Waals surface area contributed by atoms with Gasteiger partial charge in [-0.2, -0.15) is 0 Å². The fourth-order valence-corrected chi connectivity index (χ4v) is 7.72. The van der Waals surface area contributed by atoms with Crippen molar-refractivity contribution < 1.29 is 23.2 Å². The van der Waals surface area contributed by atoms with Gasteiger partial charge in [0.1, 0.15) is 18.6 Å². The van der Waals surface area contributed by atoms with Crippen molar-refractivity contribution in [1.82, 2.24) is 35.9 Å². The van der Waals surface area contributed by atoms with Gasteiger partial charge in [-0.1, -0.05) is 74.9 Å². The number of rotatable bonds is 11. The zero-order valence-electron chi connectivity index (χ0n) is 31.2. The summed E-state index contributed by atoms with van der Waals surface area (Å²) in [5.74, 6) is 0.149. The number of fused-ring (bicyclic) bond motifs is 2. The maximum absolute atomic E-state index is 12.5. The number of H-pyrrole nitrogens is 2. The Labute approximate surface area is 319 Å². The number of hydrogen-bond donors (Lipinski definition) is 6. The summed E-state index contributed by atoms with van der Waals surface area (Å²) in [6.45, 7) is 1.46. The summed E-state index contributed by atoms with van der Waals surface area (Å²) in [6, 6.07) is 15.7. The van der Waals surface area contributed by atoms with Crippen LogP contribution >= 0.6 is 0 Å². The zero-order valence-corrected chi connectivity index (χ0v) is 31.2. The minimum absolute atomic E-state index is 0.175. The van der Waals surface area contributed by atoms with Gasteiger partial charge in [-0.3, -0.25) is 14.4 Å². The molecule has 7 N–H and O–H groups in total. The standard InChI is InChI=1S/C22H26N4O3.C20H24N4O2/c1-14(27)24-19(11-15-12-23-18-10-6-5-9-17(15)18)22-26-20(13-29-22)21(28)25-16-7-3-2-4-8-16;21-16(10-13-11-22-17-9-5-4-8-15(13)17)20-24-18(12-26-20)19(25)23-14-6-2-1-3-7-14/h5-6,9-10,12-13,16,19,23H,2-4,7-8,11H2,1H3,(H,24,27)(H,25,28);4-5,8-9,11-12,14,16,22H,1-3,6-7,10,21H2,(H,23,25)/t19-;16-/m00/s1. The van der Waals surface area contributed by atoms with Crippen molar-refractivity contribution in [3.63, 3.8) is 0 Å². The maximum Gasteiger partial charge on any atom is 0.273 e. The van der Waals surface area contributed by atoms with E-state index in [0.29, 0.717) is 30.3 Å². The van der Waals surface area contributed by atoms with E-state index in [1.54, 1.807) is 0 Å². The summed E-state index contributed by atoms with van der Waals surface area (Å²) in [4.78, 5) is 51.8. The molecule has 0 unspecified atom stereocenters. The highest BCUT2D eigenvalue weighted by Gasteiger charge is 2.25. The number of para-hydroxylation sites is 2. The molecule has 2 aliphatic rings. The minimum atomic E-state index is -0.456. The van der Waals surface area contributed by atoms with Crippen LogP contribution in [0.4, 0.5) is 0 Å². The predicted octanol–water partition coefficient (Wildman–Crippen LogP) is 7.10. The van der Waals surface area contributed by atoms with E-state index in [-0.39, 0.29) is 35.5 Å². The van der Waals surface area contributed by atoms with Gasteiger partial charge in [0, 0.05) is 59.6 Å². The summed E-state index contributed by atoms with van der Waals surface area (Å²) in [5, 5.41) is 11.2. The summed E-state index contributed by atoms with van der Waals surface area (Å²) in [7, 11) is 0. The summed E-state index contributed by atoms with van der Waals surface area (Å²) in [6.07, 6.45) is 19.0. The highest BCUT2D eigenvalue weighted by atomic mass is 16.3. The Bertz CT molecular complexity index is 2200. The number of aromatic nitrogens is 4. The van der Waals surface area contributed by atoms with Crippen molar-refractivity contribution in [2.45, 2.75) is 108 Å². The van der Waals surface area contributed by atoms with Gasteiger partial charge in [0.2, 0.25) is 17.7 Å². The van der Waals surface area contributed by atoms with Gasteiger partial charge in [-0.15, -0.1) is 0 Å². The lowest BCUT2D eigenvalue weighted by molar-refractivity contribution is -0.119. The second-order valence-electron chi connectivity index (χ2n) is 14.7. The molecule has 288 valence electrons. The summed E-state index contributed by atoms with van der Waals surface area (Å²) < 4.78 is 11.1. The van der Waals surface area contributed by atoms with Gasteiger partial charge >= 0.3 is 0 Å². The maximum atomic E-state index is 12.5. The Kier molecular flexibility index (Phi) is 12.1. The van der Waals surface area contributed by atoms with E-state index in [1.165, 1.54) is 45.1 Å². The zero-order chi connectivity index (χ0) is 38.1. The third-order valence-electron chi connectivity index (χ3n) is 10.6. The molecule has 2 aromatic carbocycles. The van der Waals surface area contributed by atoms with Gasteiger partial charge < -0.3 is 40.5 Å². The number of oxazole rings is 2. The number of carbonyl (C=O) groups is 3. The van der Waals surface area contributed by atoms with Gasteiger partial charge in [-0.25, -0.2) is 9.97 Å². The van der Waals surface area contributed by atoms with Crippen molar-refractivity contribution >= 4 is 39.5 Å². The molecule has 3 amide bonds. The summed E-state index contributed by atoms with van der Waals surface area (Å²) >= 11 is 0. The Balaban J connectivity index is 0.000000170. The average Bonchev–Trinajstić information content (AvgIpc) is 4.03. The molecule has 0 radical (unpaired) electrons. The van der Waals surface area contributed by atoms with Crippen LogP contribution in [0.5, 0.6) is 0 Å². The molecule has 0 bridgehead atoms. The monoisotopic (exact) mass is 746 g/mol. The van der Waals surface area contributed by atoms with Crippen LogP contribution < -0.4 is 21.7 Å². The van der Waals surface area contributed by atoms with Gasteiger partial charge in [0.15, 0.2) is 11.4 Å². The lowest BCUT2D eigenvalue weighted by Crippen LogP contribution is -2.36. The molecule has 6 aromatic rings. The van der Waals surface area contributed by atoms with Crippen LogP contribution in [0, 0.1) is 0 Å². The van der Waals surface area contributed by atoms with E-state index >= 15 is 0 Å². The highest BCUT2D eigenvalue weighted by molar-refractivity contribution is 5.92. The number of nitrogens with zero attached hydrogens (tertiary/aromatic N) is 2. The van der Waals surface area contributed by atoms with E-state index in [9.17, 15) is 14.4 Å². The van der Waals surface area contributed by atoms with Crippen LogP contribution in [-0.2, 0) is 17.6 Å². The van der Waals surface area contributed by atoms with E-state index in [0.717, 1.165) is 71.5 Å². The molecule has 4 heterocycles. The molecule has 2 fully saturated rings. The number of amides is 3. The lowest BCUT2D eigenvalue weighted by atomic mass is 9.95. The number of aromatic amines is 2. The topological polar surface area (TPSA) is 197 Å². The predicted molar refractivity (Wildman–Crippen MR) is 209 cm³/mol. The van der Waals surface area contributed by atoms with Crippen molar-refractivity contribution in [2.75, 3.05) is 0 Å². The van der Waals surface area contributed by atoms with Crippen LogP contribution in [0.15, 0.2) is 82.3 Å². The molecule has 13 nitrogen and oxygen atoms in total. The number of carbonyl (C=O) groups excluding carboxylic acids is 3. The third kappa shape index (κ3) is 9.52. The first-order valence-electron chi connectivity index (χ1n) is 19.5. The Morgan fingerprint density at radius 3 is 1.71 bits per heavy atom. The van der Waals surface area contributed by atoms with Crippen LogP contribution in [0.2, 0.25) is 0 Å². The average molecular weight is 747 g/mol. The van der Waals surface area contributed by atoms with Crippen LogP contribution in [0.25, 0.3) is 21.8 Å². The van der Waals surface area contributed by atoms with Crippen LogP contribution in [-0.4, -0.2) is 49.7 Å². The fraction of sp³-hybridized carbons (Fsp3) is 0.405. The van der Waals surface area contributed by atoms with Crippen LogP contribution in [0.3, 0.4) is 0 Å². The van der Waals surface area contributed by atoms with Crippen molar-refractivity contribution in [1.29, 1.82) is 0 Å². The number of benzene rings is 2. The van der Waals surface area contributed by atoms with Gasteiger partial charge in [0.05, 0.1) is 6.04 Å². The van der Waals surface area contributed by atoms with Crippen LogP contribution in [0.1, 0.15) is 127 Å². The molecule has 0 aliphatic heterocycles. The third-order valence-corrected chi connectivity index (χ3v) is 10.6. The Morgan fingerprint density at radius 1 is 0.709 bits per heavy atom. The second-order valence-corrected chi connectivity index (χ2v) is 14.7. The number of nitrogens with one attached hydrogen (secondary N) is 5. The van der Waals surface area contributed by atoms with E-state index in [2.05, 4.69) is 42.0 Å². The first kappa shape index (κ1) is 37.6. The second kappa shape index (κ2) is 17.6. The molecule has 0 spiro atoms. The molecule has 4 aromatic heterocycles. The highest BCUT2D eigenvalue weighted by Crippen LogP contribution is 2.26.